The first-order valence-corrected chi connectivity index (χ1v) is 8.49. The smallest absolute Gasteiger partial charge is 0.326 e. The van der Waals surface area contributed by atoms with Crippen molar-refractivity contribution in [1.82, 2.24) is 15.6 Å². The van der Waals surface area contributed by atoms with Crippen LogP contribution in [-0.4, -0.2) is 40.5 Å². The van der Waals surface area contributed by atoms with E-state index in [4.69, 9.17) is 0 Å². The molecule has 26 heavy (non-hydrogen) atoms. The molecular weight excluding hydrogens is 334 g/mol. The van der Waals surface area contributed by atoms with E-state index in [2.05, 4.69) is 15.6 Å². The zero-order chi connectivity index (χ0) is 19.3. The number of aromatic amines is 1. The zero-order valence-corrected chi connectivity index (χ0v) is 15.3. The van der Waals surface area contributed by atoms with Crippen LogP contribution in [-0.2, 0) is 20.8 Å². The number of carbonyl (C=O) groups is 3. The van der Waals surface area contributed by atoms with Crippen LogP contribution >= 0.6 is 0 Å². The van der Waals surface area contributed by atoms with Gasteiger partial charge in [0.2, 0.25) is 11.8 Å². The summed E-state index contributed by atoms with van der Waals surface area (Å²) in [5.74, 6) is -1.89. The van der Waals surface area contributed by atoms with Gasteiger partial charge >= 0.3 is 5.97 Å². The average Bonchev–Trinajstić information content (AvgIpc) is 2.94. The molecule has 0 fully saturated rings. The van der Waals surface area contributed by atoms with Gasteiger partial charge in [-0.15, -0.1) is 0 Å². The van der Waals surface area contributed by atoms with Crippen LogP contribution in [0.5, 0.6) is 0 Å². The van der Waals surface area contributed by atoms with Crippen LogP contribution in [0.2, 0.25) is 0 Å². The first-order valence-electron chi connectivity index (χ1n) is 8.49. The van der Waals surface area contributed by atoms with Crippen molar-refractivity contribution in [2.24, 2.45) is 5.41 Å². The van der Waals surface area contributed by atoms with E-state index in [0.29, 0.717) is 0 Å². The van der Waals surface area contributed by atoms with Crippen molar-refractivity contribution >= 4 is 28.7 Å². The van der Waals surface area contributed by atoms with E-state index >= 15 is 0 Å². The molecule has 1 aromatic heterocycles. The fourth-order valence-electron chi connectivity index (χ4n) is 2.69. The summed E-state index contributed by atoms with van der Waals surface area (Å²) in [4.78, 5) is 38.4. The van der Waals surface area contributed by atoms with Crippen molar-refractivity contribution in [2.45, 2.75) is 39.7 Å². The Hall–Kier alpha value is -2.83. The lowest BCUT2D eigenvalue weighted by molar-refractivity contribution is -0.141. The largest absolute Gasteiger partial charge is 0.480 e. The van der Waals surface area contributed by atoms with Gasteiger partial charge in [-0.25, -0.2) is 4.79 Å². The van der Waals surface area contributed by atoms with Crippen LogP contribution in [0.25, 0.3) is 10.9 Å². The molecule has 2 rings (SSSR count). The van der Waals surface area contributed by atoms with Crippen LogP contribution in [0.3, 0.4) is 0 Å². The quantitative estimate of drug-likeness (QED) is 0.604. The Labute approximate surface area is 152 Å². The number of carbonyl (C=O) groups excluding carboxylic acids is 2. The summed E-state index contributed by atoms with van der Waals surface area (Å²) in [5.41, 5.74) is 1.54. The highest BCUT2D eigenvalue weighted by Crippen LogP contribution is 2.19. The second kappa shape index (κ2) is 8.03. The SMILES string of the molecule is CC(C)(C)CC(=O)NCC(=O)NC(Cc1c[nH]c2ccccc12)C(=O)O. The van der Waals surface area contributed by atoms with Gasteiger partial charge in [0.1, 0.15) is 6.04 Å². The maximum absolute atomic E-state index is 12.0. The topological polar surface area (TPSA) is 111 Å². The summed E-state index contributed by atoms with van der Waals surface area (Å²) < 4.78 is 0. The minimum atomic E-state index is -1.12. The number of aliphatic carboxylic acids is 1. The summed E-state index contributed by atoms with van der Waals surface area (Å²) in [6, 6.07) is 6.49. The molecule has 2 aromatic rings. The predicted octanol–water partition coefficient (Wildman–Crippen LogP) is 1.83. The normalized spacial score (nSPS) is 12.6. The lowest BCUT2D eigenvalue weighted by Crippen LogP contribution is -2.46. The third kappa shape index (κ3) is 5.61. The fraction of sp³-hybridized carbons (Fsp3) is 0.421. The third-order valence-corrected chi connectivity index (χ3v) is 3.87. The van der Waals surface area contributed by atoms with Crippen molar-refractivity contribution in [1.29, 1.82) is 0 Å². The maximum Gasteiger partial charge on any atom is 0.326 e. The standard InChI is InChI=1S/C19H25N3O4/c1-19(2,3)9-16(23)21-11-17(24)22-15(18(25)26)8-12-10-20-14-7-5-4-6-13(12)14/h4-7,10,15,20H,8-9,11H2,1-3H3,(H,21,23)(H,22,24)(H,25,26). The molecule has 0 aliphatic heterocycles. The molecule has 4 N–H and O–H groups in total. The lowest BCUT2D eigenvalue weighted by atomic mass is 9.92. The molecule has 7 heteroatoms. The van der Waals surface area contributed by atoms with E-state index in [-0.39, 0.29) is 30.7 Å². The Morgan fingerprint density at radius 2 is 1.85 bits per heavy atom. The second-order valence-corrected chi connectivity index (χ2v) is 7.54. The van der Waals surface area contributed by atoms with Crippen LogP contribution in [0.15, 0.2) is 30.5 Å². The van der Waals surface area contributed by atoms with Crippen LogP contribution < -0.4 is 10.6 Å². The van der Waals surface area contributed by atoms with Crippen molar-refractivity contribution in [3.8, 4) is 0 Å². The Morgan fingerprint density at radius 1 is 1.15 bits per heavy atom. The average molecular weight is 359 g/mol. The summed E-state index contributed by atoms with van der Waals surface area (Å²) in [6.07, 6.45) is 2.19. The van der Waals surface area contributed by atoms with Crippen LogP contribution in [0.4, 0.5) is 0 Å². The molecule has 0 bridgehead atoms. The number of fused-ring (bicyclic) bond motifs is 1. The van der Waals surface area contributed by atoms with E-state index < -0.39 is 17.9 Å². The predicted molar refractivity (Wildman–Crippen MR) is 98.7 cm³/mol. The van der Waals surface area contributed by atoms with Gasteiger partial charge in [0.05, 0.1) is 6.54 Å². The fourth-order valence-corrected chi connectivity index (χ4v) is 2.69. The van der Waals surface area contributed by atoms with Crippen LogP contribution in [0.1, 0.15) is 32.8 Å². The molecule has 0 aliphatic carbocycles. The minimum absolute atomic E-state index is 0.154. The molecule has 1 heterocycles. The van der Waals surface area contributed by atoms with Gasteiger partial charge in [-0.2, -0.15) is 0 Å². The van der Waals surface area contributed by atoms with Gasteiger partial charge in [-0.05, 0) is 17.0 Å². The number of benzene rings is 1. The lowest BCUT2D eigenvalue weighted by Gasteiger charge is -2.18. The number of carboxylic acid groups (broad SMARTS) is 1. The first-order chi connectivity index (χ1) is 12.2. The number of amides is 2. The molecule has 0 saturated heterocycles. The second-order valence-electron chi connectivity index (χ2n) is 7.54. The number of nitrogens with one attached hydrogen (secondary N) is 3. The number of para-hydroxylation sites is 1. The molecule has 7 nitrogen and oxygen atoms in total. The summed E-state index contributed by atoms with van der Waals surface area (Å²) in [6.45, 7) is 5.53. The van der Waals surface area contributed by atoms with Gasteiger partial charge in [0, 0.05) is 29.9 Å². The molecule has 0 spiro atoms. The number of carboxylic acids is 1. The molecule has 1 aromatic carbocycles. The highest BCUT2D eigenvalue weighted by atomic mass is 16.4. The van der Waals surface area contributed by atoms with E-state index in [1.165, 1.54) is 0 Å². The molecule has 1 atom stereocenters. The van der Waals surface area contributed by atoms with Crippen LogP contribution in [0, 0.1) is 5.41 Å². The number of hydrogen-bond acceptors (Lipinski definition) is 3. The van der Waals surface area contributed by atoms with E-state index in [1.54, 1.807) is 6.20 Å². The summed E-state index contributed by atoms with van der Waals surface area (Å²) in [5, 5.41) is 15.3. The van der Waals surface area contributed by atoms with Gasteiger partial charge in [0.25, 0.3) is 0 Å². The van der Waals surface area contributed by atoms with E-state index in [0.717, 1.165) is 16.5 Å². The zero-order valence-electron chi connectivity index (χ0n) is 15.3. The molecular formula is C19H25N3O4. The molecule has 0 saturated carbocycles. The van der Waals surface area contributed by atoms with Gasteiger partial charge in [-0.3, -0.25) is 9.59 Å². The third-order valence-electron chi connectivity index (χ3n) is 3.87. The van der Waals surface area contributed by atoms with Crippen molar-refractivity contribution in [3.63, 3.8) is 0 Å². The Kier molecular flexibility index (Phi) is 6.02. The molecule has 0 radical (unpaired) electrons. The Bertz CT molecular complexity index is 804. The van der Waals surface area contributed by atoms with Crippen molar-refractivity contribution in [2.75, 3.05) is 6.54 Å². The summed E-state index contributed by atoms with van der Waals surface area (Å²) >= 11 is 0. The van der Waals surface area contributed by atoms with Gasteiger partial charge in [0.15, 0.2) is 0 Å². The molecule has 1 unspecified atom stereocenters. The maximum atomic E-state index is 12.0. The number of aromatic nitrogens is 1. The number of rotatable bonds is 7. The highest BCUT2D eigenvalue weighted by Gasteiger charge is 2.22. The van der Waals surface area contributed by atoms with E-state index in [1.807, 2.05) is 45.0 Å². The van der Waals surface area contributed by atoms with Crippen molar-refractivity contribution in [3.05, 3.63) is 36.0 Å². The number of H-pyrrole nitrogens is 1. The highest BCUT2D eigenvalue weighted by molar-refractivity contribution is 5.89. The first kappa shape index (κ1) is 19.5. The Balaban J connectivity index is 1.94. The molecule has 140 valence electrons. The van der Waals surface area contributed by atoms with E-state index in [9.17, 15) is 19.5 Å². The number of hydrogen-bond donors (Lipinski definition) is 4. The van der Waals surface area contributed by atoms with Crippen molar-refractivity contribution < 1.29 is 19.5 Å². The summed E-state index contributed by atoms with van der Waals surface area (Å²) in [7, 11) is 0. The Morgan fingerprint density at radius 3 is 2.50 bits per heavy atom. The van der Waals surface area contributed by atoms with Gasteiger partial charge in [-0.1, -0.05) is 39.0 Å². The minimum Gasteiger partial charge on any atom is -0.480 e. The van der Waals surface area contributed by atoms with Gasteiger partial charge < -0.3 is 20.7 Å². The molecule has 0 aliphatic rings. The molecule has 2 amide bonds. The monoisotopic (exact) mass is 359 g/mol.